The summed E-state index contributed by atoms with van der Waals surface area (Å²) in [6.45, 7) is 1.80. The molecule has 4 rings (SSSR count). The van der Waals surface area contributed by atoms with Gasteiger partial charge in [0, 0.05) is 23.3 Å². The van der Waals surface area contributed by atoms with E-state index in [2.05, 4.69) is 5.32 Å². The summed E-state index contributed by atoms with van der Waals surface area (Å²) in [6, 6.07) is 12.1. The van der Waals surface area contributed by atoms with E-state index in [1.807, 2.05) is 24.3 Å². The van der Waals surface area contributed by atoms with Crippen molar-refractivity contribution in [2.45, 2.75) is 34.4 Å². The van der Waals surface area contributed by atoms with Crippen molar-refractivity contribution >= 4 is 44.8 Å². The topological polar surface area (TPSA) is 83.5 Å². The molecule has 2 aliphatic heterocycles. The zero-order valence-corrected chi connectivity index (χ0v) is 16.5. The summed E-state index contributed by atoms with van der Waals surface area (Å²) in [5.41, 5.74) is 1.94. The van der Waals surface area contributed by atoms with Crippen LogP contribution >= 0.6 is 11.8 Å². The molecule has 8 heteroatoms. The molecule has 2 heterocycles. The predicted octanol–water partition coefficient (Wildman–Crippen LogP) is 2.97. The van der Waals surface area contributed by atoms with Crippen molar-refractivity contribution in [2.24, 2.45) is 0 Å². The molecule has 0 bridgehead atoms. The molecule has 0 aliphatic carbocycles. The molecule has 2 amide bonds. The fourth-order valence-corrected chi connectivity index (χ4v) is 5.55. The zero-order chi connectivity index (χ0) is 19.4. The zero-order valence-electron chi connectivity index (χ0n) is 14.9. The van der Waals surface area contributed by atoms with Crippen LogP contribution in [0, 0.1) is 6.92 Å². The van der Waals surface area contributed by atoms with Gasteiger partial charge >= 0.3 is 0 Å². The maximum Gasteiger partial charge on any atom is 0.261 e. The Labute approximate surface area is 161 Å². The molecular formula is C19H18N2O4S2. The highest BCUT2D eigenvalue weighted by Gasteiger charge is 2.57. The van der Waals surface area contributed by atoms with E-state index in [0.717, 1.165) is 22.4 Å². The Bertz CT molecular complexity index is 1080. The van der Waals surface area contributed by atoms with Crippen LogP contribution in [0.15, 0.2) is 52.3 Å². The normalized spacial score (nSPS) is 21.1. The van der Waals surface area contributed by atoms with Crippen molar-refractivity contribution in [1.29, 1.82) is 0 Å². The number of anilines is 2. The lowest BCUT2D eigenvalue weighted by Gasteiger charge is -2.30. The number of aryl methyl sites for hydroxylation is 1. The van der Waals surface area contributed by atoms with Gasteiger partial charge in [-0.05, 0) is 43.2 Å². The van der Waals surface area contributed by atoms with Gasteiger partial charge in [-0.2, -0.15) is 0 Å². The van der Waals surface area contributed by atoms with Crippen LogP contribution < -0.4 is 10.2 Å². The molecule has 0 spiro atoms. The summed E-state index contributed by atoms with van der Waals surface area (Å²) in [7, 11) is -3.39. The van der Waals surface area contributed by atoms with Crippen molar-refractivity contribution in [3.8, 4) is 0 Å². The largest absolute Gasteiger partial charge is 0.323 e. The number of thioether (sulfide) groups is 1. The molecule has 140 valence electrons. The van der Waals surface area contributed by atoms with Gasteiger partial charge in [-0.25, -0.2) is 8.42 Å². The van der Waals surface area contributed by atoms with E-state index < -0.39 is 14.7 Å². The number of benzene rings is 2. The minimum absolute atomic E-state index is 0.0794. The number of sulfone groups is 1. The number of carbonyl (C=O) groups excluding carboxylic acids is 2. The summed E-state index contributed by atoms with van der Waals surface area (Å²) < 4.78 is 23.7. The molecule has 2 aromatic carbocycles. The van der Waals surface area contributed by atoms with Crippen molar-refractivity contribution < 1.29 is 18.0 Å². The van der Waals surface area contributed by atoms with Gasteiger partial charge in [-0.1, -0.05) is 30.0 Å². The second kappa shape index (κ2) is 6.10. The standard InChI is InChI=1S/C19H18N2O4S2/c1-12-7-8-13(27(2,24)25)11-14(12)20-18(23)19-10-9-17(22)21(19)15-5-3-4-6-16(15)26-19/h3-8,11H,9-10H2,1-2H3,(H,20,23). The van der Waals surface area contributed by atoms with Crippen LogP contribution in [0.1, 0.15) is 18.4 Å². The molecule has 1 unspecified atom stereocenters. The van der Waals surface area contributed by atoms with Crippen LogP contribution in [0.2, 0.25) is 0 Å². The maximum absolute atomic E-state index is 13.3. The lowest BCUT2D eigenvalue weighted by atomic mass is 10.1. The number of hydrogen-bond acceptors (Lipinski definition) is 5. The molecule has 2 aromatic rings. The highest BCUT2D eigenvalue weighted by atomic mass is 32.2. The van der Waals surface area contributed by atoms with Gasteiger partial charge in [0.05, 0.1) is 10.6 Å². The number of amides is 2. The van der Waals surface area contributed by atoms with Gasteiger partial charge in [-0.15, -0.1) is 0 Å². The number of nitrogens with one attached hydrogen (secondary N) is 1. The monoisotopic (exact) mass is 402 g/mol. The van der Waals surface area contributed by atoms with E-state index in [1.54, 1.807) is 17.9 Å². The highest BCUT2D eigenvalue weighted by molar-refractivity contribution is 8.02. The minimum atomic E-state index is -3.39. The molecule has 1 fully saturated rings. The number of fused-ring (bicyclic) bond motifs is 3. The van der Waals surface area contributed by atoms with Gasteiger partial charge in [-0.3, -0.25) is 14.5 Å². The second-order valence-corrected chi connectivity index (χ2v) is 10.1. The van der Waals surface area contributed by atoms with Crippen LogP contribution in [0.4, 0.5) is 11.4 Å². The Kier molecular flexibility index (Phi) is 4.08. The molecule has 1 N–H and O–H groups in total. The number of nitrogens with zero attached hydrogens (tertiary/aromatic N) is 1. The van der Waals surface area contributed by atoms with Crippen LogP contribution in [-0.2, 0) is 19.4 Å². The Hall–Kier alpha value is -2.32. The van der Waals surface area contributed by atoms with Gasteiger partial charge in [0.2, 0.25) is 5.91 Å². The summed E-state index contributed by atoms with van der Waals surface area (Å²) in [5, 5.41) is 2.86. The Morgan fingerprint density at radius 3 is 2.70 bits per heavy atom. The lowest BCUT2D eigenvalue weighted by Crippen LogP contribution is -2.49. The van der Waals surface area contributed by atoms with E-state index in [4.69, 9.17) is 0 Å². The van der Waals surface area contributed by atoms with Crippen molar-refractivity contribution in [3.63, 3.8) is 0 Å². The van der Waals surface area contributed by atoms with Crippen LogP contribution in [0.3, 0.4) is 0 Å². The van der Waals surface area contributed by atoms with E-state index >= 15 is 0 Å². The van der Waals surface area contributed by atoms with E-state index in [-0.39, 0.29) is 16.7 Å². The van der Waals surface area contributed by atoms with Crippen molar-refractivity contribution in [3.05, 3.63) is 48.0 Å². The van der Waals surface area contributed by atoms with Gasteiger partial charge in [0.25, 0.3) is 5.91 Å². The van der Waals surface area contributed by atoms with Crippen molar-refractivity contribution in [2.75, 3.05) is 16.5 Å². The molecule has 0 saturated carbocycles. The van der Waals surface area contributed by atoms with Crippen molar-refractivity contribution in [1.82, 2.24) is 0 Å². The Morgan fingerprint density at radius 1 is 1.22 bits per heavy atom. The number of rotatable bonds is 3. The smallest absolute Gasteiger partial charge is 0.261 e. The first-order valence-corrected chi connectivity index (χ1v) is 11.2. The second-order valence-electron chi connectivity index (χ2n) is 6.79. The van der Waals surface area contributed by atoms with Crippen LogP contribution in [-0.4, -0.2) is 31.4 Å². The fraction of sp³-hybridized carbons (Fsp3) is 0.263. The molecule has 1 atom stereocenters. The molecule has 27 heavy (non-hydrogen) atoms. The average molecular weight is 402 g/mol. The van der Waals surface area contributed by atoms with Gasteiger partial charge < -0.3 is 5.32 Å². The third-order valence-corrected chi connectivity index (χ3v) is 7.50. The third kappa shape index (κ3) is 2.83. The Morgan fingerprint density at radius 2 is 1.96 bits per heavy atom. The highest BCUT2D eigenvalue weighted by Crippen LogP contribution is 2.56. The summed E-state index contributed by atoms with van der Waals surface area (Å²) in [6.07, 6.45) is 1.84. The molecule has 0 aromatic heterocycles. The quantitative estimate of drug-likeness (QED) is 0.853. The average Bonchev–Trinajstić information content (AvgIpc) is 3.12. The minimum Gasteiger partial charge on any atom is -0.323 e. The number of carbonyl (C=O) groups is 2. The Balaban J connectivity index is 1.71. The molecule has 2 aliphatic rings. The first-order valence-electron chi connectivity index (χ1n) is 8.46. The van der Waals surface area contributed by atoms with E-state index in [9.17, 15) is 18.0 Å². The first kappa shape index (κ1) is 18.1. The number of hydrogen-bond donors (Lipinski definition) is 1. The third-order valence-electron chi connectivity index (χ3n) is 4.91. The SMILES string of the molecule is Cc1ccc(S(C)(=O)=O)cc1NC(=O)C12CCC(=O)N1c1ccccc1S2. The molecule has 0 radical (unpaired) electrons. The molecule has 6 nitrogen and oxygen atoms in total. The molecular weight excluding hydrogens is 384 g/mol. The fourth-order valence-electron chi connectivity index (χ4n) is 3.48. The first-order chi connectivity index (χ1) is 12.7. The summed E-state index contributed by atoms with van der Waals surface area (Å²) in [5.74, 6) is -0.396. The molecule has 1 saturated heterocycles. The van der Waals surface area contributed by atoms with Crippen LogP contribution in [0.5, 0.6) is 0 Å². The van der Waals surface area contributed by atoms with E-state index in [0.29, 0.717) is 18.5 Å². The number of para-hydroxylation sites is 1. The summed E-state index contributed by atoms with van der Waals surface area (Å²) >= 11 is 1.38. The summed E-state index contributed by atoms with van der Waals surface area (Å²) in [4.78, 5) is 27.3. The van der Waals surface area contributed by atoms with Gasteiger partial charge in [0.15, 0.2) is 14.7 Å². The van der Waals surface area contributed by atoms with Crippen LogP contribution in [0.25, 0.3) is 0 Å². The lowest BCUT2D eigenvalue weighted by molar-refractivity contribution is -0.121. The van der Waals surface area contributed by atoms with E-state index in [1.165, 1.54) is 23.9 Å². The predicted molar refractivity (Wildman–Crippen MR) is 105 cm³/mol. The maximum atomic E-state index is 13.3. The van der Waals surface area contributed by atoms with Gasteiger partial charge in [0.1, 0.15) is 0 Å².